The monoisotopic (exact) mass is 574 g/mol. The molecule has 0 aliphatic heterocycles. The predicted molar refractivity (Wildman–Crippen MR) is 171 cm³/mol. The summed E-state index contributed by atoms with van der Waals surface area (Å²) in [7, 11) is 8.52. The van der Waals surface area contributed by atoms with Crippen LogP contribution in [0.15, 0.2) is 12.2 Å². The topological polar surface area (TPSA) is 67.8 Å². The van der Waals surface area contributed by atoms with Gasteiger partial charge in [-0.05, 0) is 19.3 Å². The van der Waals surface area contributed by atoms with Crippen molar-refractivity contribution in [2.24, 2.45) is 0 Å². The zero-order chi connectivity index (χ0) is 30.4. The number of aliphatic hydroxyl groups excluding tert-OH is 1. The van der Waals surface area contributed by atoms with Crippen molar-refractivity contribution < 1.29 is 28.6 Å². The average Bonchev–Trinajstić information content (AvgIpc) is 2.91. The number of unbranched alkanes of at least 4 members (excludes halogenated alkanes) is 11. The van der Waals surface area contributed by atoms with Crippen LogP contribution in [0.1, 0.15) is 117 Å². The summed E-state index contributed by atoms with van der Waals surface area (Å²) in [5, 5.41) is 11.4. The van der Waals surface area contributed by atoms with Gasteiger partial charge in [0.05, 0.1) is 61.0 Å². The molecule has 7 nitrogen and oxygen atoms in total. The molecule has 0 aromatic heterocycles. The summed E-state index contributed by atoms with van der Waals surface area (Å²) in [6.07, 6.45) is 22.4. The molecule has 0 radical (unpaired) electrons. The molecule has 0 rings (SSSR count). The van der Waals surface area contributed by atoms with Gasteiger partial charge in [0.1, 0.15) is 13.2 Å². The minimum Gasteiger partial charge on any atom is -0.391 e. The molecule has 240 valence electrons. The number of aliphatic hydroxyl groups is 1. The van der Waals surface area contributed by atoms with Crippen LogP contribution in [-0.4, -0.2) is 101 Å². The van der Waals surface area contributed by atoms with E-state index in [9.17, 15) is 4.79 Å². The maximum Gasteiger partial charge on any atom is 0.243 e. The van der Waals surface area contributed by atoms with Gasteiger partial charge in [-0.25, -0.2) is 9.78 Å². The van der Waals surface area contributed by atoms with Gasteiger partial charge in [-0.2, -0.15) is 0 Å². The van der Waals surface area contributed by atoms with Gasteiger partial charge >= 0.3 is 0 Å². The molecule has 0 saturated heterocycles. The fourth-order valence-corrected chi connectivity index (χ4v) is 4.40. The van der Waals surface area contributed by atoms with E-state index in [1.807, 2.05) is 0 Å². The number of likely N-dealkylation sites (N-methyl/N-ethyl adjacent to an activating group) is 1. The number of rotatable bonds is 27. The second-order valence-electron chi connectivity index (χ2n) is 12.6. The van der Waals surface area contributed by atoms with Gasteiger partial charge in [-0.15, -0.1) is 0 Å². The van der Waals surface area contributed by atoms with Gasteiger partial charge in [0, 0.05) is 19.0 Å². The Morgan fingerprint density at radius 3 is 1.65 bits per heavy atom. The third-order valence-electron chi connectivity index (χ3n) is 7.15. The molecule has 0 heterocycles. The largest absolute Gasteiger partial charge is 0.391 e. The van der Waals surface area contributed by atoms with Crippen molar-refractivity contribution in [1.29, 1.82) is 0 Å². The number of quaternary nitrogens is 2. The molecule has 0 unspecified atom stereocenters. The van der Waals surface area contributed by atoms with Gasteiger partial charge in [0.15, 0.2) is 0 Å². The van der Waals surface area contributed by atoms with Crippen LogP contribution in [-0.2, 0) is 14.6 Å². The van der Waals surface area contributed by atoms with Gasteiger partial charge < -0.3 is 19.4 Å². The molecule has 2 N–H and O–H groups in total. The highest BCUT2D eigenvalue weighted by atomic mass is 17.2. The molecule has 0 spiro atoms. The molecular formula is C33H71N3O4+2. The Bertz CT molecular complexity index is 556. The van der Waals surface area contributed by atoms with E-state index in [1.165, 1.54) is 96.6 Å². The number of hydrogen-bond donors (Lipinski definition) is 2. The quantitative estimate of drug-likeness (QED) is 0.0380. The lowest BCUT2D eigenvalue weighted by Crippen LogP contribution is -2.47. The first kappa shape index (κ1) is 41.1. The fourth-order valence-electron chi connectivity index (χ4n) is 4.40. The van der Waals surface area contributed by atoms with Gasteiger partial charge in [-0.3, -0.25) is 4.79 Å². The fraction of sp³-hybridized carbons (Fsp3) is 0.909. The van der Waals surface area contributed by atoms with Crippen LogP contribution in [0.2, 0.25) is 0 Å². The number of nitrogens with one attached hydrogen (secondary N) is 1. The first-order chi connectivity index (χ1) is 19.1. The first-order valence-electron chi connectivity index (χ1n) is 16.6. The number of hydrogen-bond acceptors (Lipinski definition) is 4. The van der Waals surface area contributed by atoms with Crippen molar-refractivity contribution in [2.75, 3.05) is 80.7 Å². The van der Waals surface area contributed by atoms with Crippen molar-refractivity contribution in [3.05, 3.63) is 12.2 Å². The van der Waals surface area contributed by atoms with Crippen molar-refractivity contribution in [1.82, 2.24) is 5.32 Å². The van der Waals surface area contributed by atoms with Crippen molar-refractivity contribution in [2.45, 2.75) is 117 Å². The Kier molecular flexibility index (Phi) is 30.3. The Morgan fingerprint density at radius 2 is 1.18 bits per heavy atom. The standard InChI is InChI=1S/C28H56N2O3.C5H14NO/c1-5-8-11-12-13-14-15-16-17-18-26-32-33-27-19-21-28(31)29-22-20-25-30(4,23-9-6-2)24-10-7-3;1-6(2,3)4-5-7/h19,21H,5-18,20,22-27H2,1-4H3;7H,4-5H2,1-3H3/q;+1/p+1/b21-19+;. The van der Waals surface area contributed by atoms with Crippen molar-refractivity contribution in [3.63, 3.8) is 0 Å². The summed E-state index contributed by atoms with van der Waals surface area (Å²) in [5.74, 6) is -0.0513. The normalized spacial score (nSPS) is 12.0. The highest BCUT2D eigenvalue weighted by Gasteiger charge is 2.19. The predicted octanol–water partition coefficient (Wildman–Crippen LogP) is 6.65. The molecule has 0 saturated carbocycles. The Labute approximate surface area is 249 Å². The summed E-state index contributed by atoms with van der Waals surface area (Å²) in [5.41, 5.74) is 0. The van der Waals surface area contributed by atoms with E-state index < -0.39 is 0 Å². The van der Waals surface area contributed by atoms with Crippen LogP contribution < -0.4 is 5.32 Å². The van der Waals surface area contributed by atoms with E-state index in [2.05, 4.69) is 54.3 Å². The number of carbonyl (C=O) groups excluding carboxylic acids is 1. The SMILES string of the molecule is CCCCCCCCCCCCOOC/C=C/C(=O)NCCC[N+](C)(CCCC)CCCC.C[N+](C)(C)CCO. The van der Waals surface area contributed by atoms with Crippen LogP contribution >= 0.6 is 0 Å². The van der Waals surface area contributed by atoms with Crippen LogP contribution in [0, 0.1) is 0 Å². The molecule has 0 aliphatic carbocycles. The molecule has 0 atom stereocenters. The molecule has 0 fully saturated rings. The van der Waals surface area contributed by atoms with Crippen molar-refractivity contribution >= 4 is 5.91 Å². The number of nitrogens with zero attached hydrogens (tertiary/aromatic N) is 2. The lowest BCUT2D eigenvalue weighted by molar-refractivity contribution is -0.910. The number of carbonyl (C=O) groups is 1. The Hall–Kier alpha value is -0.990. The molecule has 1 amide bonds. The zero-order valence-electron chi connectivity index (χ0n) is 28.0. The lowest BCUT2D eigenvalue weighted by Gasteiger charge is -2.35. The minimum atomic E-state index is -0.0513. The van der Waals surface area contributed by atoms with Gasteiger partial charge in [-0.1, -0.05) is 97.5 Å². The van der Waals surface area contributed by atoms with Crippen LogP contribution in [0.3, 0.4) is 0 Å². The van der Waals surface area contributed by atoms with E-state index >= 15 is 0 Å². The summed E-state index contributed by atoms with van der Waals surface area (Å²) >= 11 is 0. The molecule has 0 aromatic carbocycles. The van der Waals surface area contributed by atoms with E-state index in [-0.39, 0.29) is 12.5 Å². The maximum atomic E-state index is 11.9. The molecular weight excluding hydrogens is 502 g/mol. The smallest absolute Gasteiger partial charge is 0.243 e. The molecule has 40 heavy (non-hydrogen) atoms. The van der Waals surface area contributed by atoms with E-state index in [1.54, 1.807) is 12.2 Å². The molecule has 0 aromatic rings. The molecule has 0 aliphatic rings. The number of amides is 1. The lowest BCUT2D eigenvalue weighted by atomic mass is 10.1. The Morgan fingerprint density at radius 1 is 0.675 bits per heavy atom. The van der Waals surface area contributed by atoms with E-state index in [0.717, 1.165) is 41.4 Å². The minimum absolute atomic E-state index is 0.0513. The molecule has 7 heteroatoms. The summed E-state index contributed by atoms with van der Waals surface area (Å²) < 4.78 is 1.97. The highest BCUT2D eigenvalue weighted by Crippen LogP contribution is 2.11. The third kappa shape index (κ3) is 33.2. The van der Waals surface area contributed by atoms with Gasteiger partial charge in [0.2, 0.25) is 5.91 Å². The average molecular weight is 574 g/mol. The first-order valence-corrected chi connectivity index (χ1v) is 16.6. The van der Waals surface area contributed by atoms with Crippen LogP contribution in [0.4, 0.5) is 0 Å². The van der Waals surface area contributed by atoms with Crippen LogP contribution in [0.25, 0.3) is 0 Å². The van der Waals surface area contributed by atoms with Crippen molar-refractivity contribution in [3.8, 4) is 0 Å². The Balaban J connectivity index is 0. The van der Waals surface area contributed by atoms with E-state index in [0.29, 0.717) is 13.2 Å². The van der Waals surface area contributed by atoms with E-state index in [4.69, 9.17) is 14.9 Å². The summed E-state index contributed by atoms with van der Waals surface area (Å²) in [6.45, 7) is 13.2. The third-order valence-corrected chi connectivity index (χ3v) is 7.15. The van der Waals surface area contributed by atoms with Crippen LogP contribution in [0.5, 0.6) is 0 Å². The van der Waals surface area contributed by atoms with Gasteiger partial charge in [0.25, 0.3) is 0 Å². The second-order valence-corrected chi connectivity index (χ2v) is 12.6. The second kappa shape index (κ2) is 29.5. The maximum absolute atomic E-state index is 11.9. The summed E-state index contributed by atoms with van der Waals surface area (Å²) in [4.78, 5) is 22.3. The zero-order valence-corrected chi connectivity index (χ0v) is 28.0. The highest BCUT2D eigenvalue weighted by molar-refractivity contribution is 5.87. The molecule has 0 bridgehead atoms. The summed E-state index contributed by atoms with van der Waals surface area (Å²) in [6, 6.07) is 0.